The molecule has 96 valence electrons. The van der Waals surface area contributed by atoms with Gasteiger partial charge in [0.05, 0.1) is 5.60 Å². The standard InChI is InChI=1S/C13H23N3O/c1-5-7-11-8-12(15-10-14-11)16(6-2)9-13(3,4)17/h8,10,17H,5-7,9H2,1-4H3. The molecular formula is C13H23N3O. The maximum atomic E-state index is 9.87. The van der Waals surface area contributed by atoms with Gasteiger partial charge in [0.1, 0.15) is 12.1 Å². The van der Waals surface area contributed by atoms with Crippen molar-refractivity contribution in [3.63, 3.8) is 0 Å². The molecule has 0 saturated heterocycles. The molecule has 0 saturated carbocycles. The summed E-state index contributed by atoms with van der Waals surface area (Å²) in [5, 5.41) is 9.87. The van der Waals surface area contributed by atoms with E-state index in [2.05, 4.69) is 28.7 Å². The van der Waals surface area contributed by atoms with Gasteiger partial charge >= 0.3 is 0 Å². The fraction of sp³-hybridized carbons (Fsp3) is 0.692. The van der Waals surface area contributed by atoms with E-state index >= 15 is 0 Å². The second kappa shape index (κ2) is 5.96. The number of aliphatic hydroxyl groups is 1. The predicted molar refractivity (Wildman–Crippen MR) is 70.2 cm³/mol. The molecule has 0 bridgehead atoms. The van der Waals surface area contributed by atoms with E-state index in [0.29, 0.717) is 6.54 Å². The van der Waals surface area contributed by atoms with Crippen LogP contribution in [0.2, 0.25) is 0 Å². The van der Waals surface area contributed by atoms with E-state index in [0.717, 1.165) is 30.9 Å². The first-order valence-electron chi connectivity index (χ1n) is 6.24. The summed E-state index contributed by atoms with van der Waals surface area (Å²) in [6.07, 6.45) is 3.65. The Kier molecular flexibility index (Phi) is 4.87. The van der Waals surface area contributed by atoms with Gasteiger partial charge in [0.25, 0.3) is 0 Å². The van der Waals surface area contributed by atoms with Gasteiger partial charge in [0.15, 0.2) is 0 Å². The maximum absolute atomic E-state index is 9.87. The molecule has 1 N–H and O–H groups in total. The molecule has 0 aliphatic rings. The normalized spacial score (nSPS) is 11.6. The van der Waals surface area contributed by atoms with E-state index in [9.17, 15) is 5.11 Å². The van der Waals surface area contributed by atoms with Crippen LogP contribution < -0.4 is 4.90 Å². The maximum Gasteiger partial charge on any atom is 0.132 e. The van der Waals surface area contributed by atoms with Crippen LogP contribution in [0.25, 0.3) is 0 Å². The summed E-state index contributed by atoms with van der Waals surface area (Å²) in [5.74, 6) is 0.896. The first-order valence-corrected chi connectivity index (χ1v) is 6.24. The highest BCUT2D eigenvalue weighted by Crippen LogP contribution is 2.15. The van der Waals surface area contributed by atoms with Crippen LogP contribution in [-0.4, -0.2) is 33.8 Å². The van der Waals surface area contributed by atoms with Crippen LogP contribution in [-0.2, 0) is 6.42 Å². The molecule has 1 rings (SSSR count). The smallest absolute Gasteiger partial charge is 0.132 e. The Bertz CT molecular complexity index is 347. The van der Waals surface area contributed by atoms with E-state index in [1.165, 1.54) is 0 Å². The molecule has 0 atom stereocenters. The molecule has 0 spiro atoms. The second-order valence-electron chi connectivity index (χ2n) is 4.94. The summed E-state index contributed by atoms with van der Waals surface area (Å²) in [6.45, 7) is 9.22. The zero-order valence-corrected chi connectivity index (χ0v) is 11.3. The third-order valence-electron chi connectivity index (χ3n) is 2.50. The van der Waals surface area contributed by atoms with Gasteiger partial charge in [-0.1, -0.05) is 13.3 Å². The lowest BCUT2D eigenvalue weighted by Gasteiger charge is -2.29. The highest BCUT2D eigenvalue weighted by atomic mass is 16.3. The van der Waals surface area contributed by atoms with Crippen LogP contribution in [0.5, 0.6) is 0 Å². The Morgan fingerprint density at radius 1 is 1.29 bits per heavy atom. The van der Waals surface area contributed by atoms with Gasteiger partial charge in [-0.15, -0.1) is 0 Å². The minimum absolute atomic E-state index is 0.575. The minimum Gasteiger partial charge on any atom is -0.389 e. The number of aromatic nitrogens is 2. The molecular weight excluding hydrogens is 214 g/mol. The van der Waals surface area contributed by atoms with Crippen molar-refractivity contribution in [2.24, 2.45) is 0 Å². The fourth-order valence-corrected chi connectivity index (χ4v) is 1.77. The largest absolute Gasteiger partial charge is 0.389 e. The summed E-state index contributed by atoms with van der Waals surface area (Å²) in [7, 11) is 0. The van der Waals surface area contributed by atoms with E-state index in [1.54, 1.807) is 6.33 Å². The molecule has 4 heteroatoms. The number of hydrogen-bond donors (Lipinski definition) is 1. The summed E-state index contributed by atoms with van der Waals surface area (Å²) in [6, 6.07) is 2.01. The van der Waals surface area contributed by atoms with Gasteiger partial charge in [-0.25, -0.2) is 9.97 Å². The van der Waals surface area contributed by atoms with E-state index < -0.39 is 5.60 Å². The highest BCUT2D eigenvalue weighted by molar-refractivity contribution is 5.39. The average Bonchev–Trinajstić information content (AvgIpc) is 2.25. The Labute approximate surface area is 104 Å². The van der Waals surface area contributed by atoms with Crippen molar-refractivity contribution in [1.29, 1.82) is 0 Å². The molecule has 0 amide bonds. The molecule has 0 radical (unpaired) electrons. The summed E-state index contributed by atoms with van der Waals surface area (Å²) in [4.78, 5) is 10.6. The number of hydrogen-bond acceptors (Lipinski definition) is 4. The Morgan fingerprint density at radius 2 is 2.00 bits per heavy atom. The molecule has 1 aromatic rings. The topological polar surface area (TPSA) is 49.2 Å². The second-order valence-corrected chi connectivity index (χ2v) is 4.94. The lowest BCUT2D eigenvalue weighted by atomic mass is 10.1. The first kappa shape index (κ1) is 13.9. The van der Waals surface area contributed by atoms with E-state index in [-0.39, 0.29) is 0 Å². The molecule has 17 heavy (non-hydrogen) atoms. The Morgan fingerprint density at radius 3 is 2.53 bits per heavy atom. The molecule has 4 nitrogen and oxygen atoms in total. The van der Waals surface area contributed by atoms with Crippen LogP contribution in [0.15, 0.2) is 12.4 Å². The van der Waals surface area contributed by atoms with E-state index in [1.807, 2.05) is 19.9 Å². The fourth-order valence-electron chi connectivity index (χ4n) is 1.77. The molecule has 0 unspecified atom stereocenters. The average molecular weight is 237 g/mol. The number of rotatable bonds is 6. The molecule has 0 fully saturated rings. The van der Waals surface area contributed by atoms with Crippen molar-refractivity contribution in [3.05, 3.63) is 18.1 Å². The molecule has 1 aromatic heterocycles. The lowest BCUT2D eigenvalue weighted by Crippen LogP contribution is -2.39. The van der Waals surface area contributed by atoms with Crippen LogP contribution in [0.1, 0.15) is 39.8 Å². The van der Waals surface area contributed by atoms with Crippen LogP contribution in [0.3, 0.4) is 0 Å². The van der Waals surface area contributed by atoms with Crippen LogP contribution >= 0.6 is 0 Å². The van der Waals surface area contributed by atoms with Crippen molar-refractivity contribution in [2.45, 2.75) is 46.1 Å². The Hall–Kier alpha value is -1.16. The van der Waals surface area contributed by atoms with Crippen molar-refractivity contribution in [1.82, 2.24) is 9.97 Å². The van der Waals surface area contributed by atoms with Crippen molar-refractivity contribution in [2.75, 3.05) is 18.0 Å². The monoisotopic (exact) mass is 237 g/mol. The van der Waals surface area contributed by atoms with Gasteiger partial charge in [-0.05, 0) is 27.2 Å². The first-order chi connectivity index (χ1) is 7.96. The molecule has 0 aliphatic carbocycles. The quantitative estimate of drug-likeness (QED) is 0.822. The van der Waals surface area contributed by atoms with Crippen LogP contribution in [0, 0.1) is 0 Å². The third kappa shape index (κ3) is 4.69. The zero-order chi connectivity index (χ0) is 12.9. The number of nitrogens with zero attached hydrogens (tertiary/aromatic N) is 3. The minimum atomic E-state index is -0.716. The molecule has 1 heterocycles. The van der Waals surface area contributed by atoms with Gasteiger partial charge in [-0.2, -0.15) is 0 Å². The zero-order valence-electron chi connectivity index (χ0n) is 11.3. The predicted octanol–water partition coefficient (Wildman–Crippen LogP) is 2.03. The van der Waals surface area contributed by atoms with Crippen molar-refractivity contribution < 1.29 is 5.11 Å². The van der Waals surface area contributed by atoms with Gasteiger partial charge in [0.2, 0.25) is 0 Å². The summed E-state index contributed by atoms with van der Waals surface area (Å²) in [5.41, 5.74) is 0.345. The lowest BCUT2D eigenvalue weighted by molar-refractivity contribution is 0.0874. The summed E-state index contributed by atoms with van der Waals surface area (Å²) >= 11 is 0. The van der Waals surface area contributed by atoms with Crippen molar-refractivity contribution in [3.8, 4) is 0 Å². The molecule has 0 aliphatic heterocycles. The van der Waals surface area contributed by atoms with Gasteiger partial charge in [0, 0.05) is 24.8 Å². The van der Waals surface area contributed by atoms with Gasteiger partial charge in [-0.3, -0.25) is 0 Å². The van der Waals surface area contributed by atoms with Gasteiger partial charge < -0.3 is 10.0 Å². The molecule has 0 aromatic carbocycles. The van der Waals surface area contributed by atoms with Crippen LogP contribution in [0.4, 0.5) is 5.82 Å². The number of aryl methyl sites for hydroxylation is 1. The number of anilines is 1. The third-order valence-corrected chi connectivity index (χ3v) is 2.50. The SMILES string of the molecule is CCCc1cc(N(CC)CC(C)(C)O)ncn1. The van der Waals surface area contributed by atoms with Crippen molar-refractivity contribution >= 4 is 5.82 Å². The highest BCUT2D eigenvalue weighted by Gasteiger charge is 2.18. The van der Waals surface area contributed by atoms with E-state index in [4.69, 9.17) is 0 Å². The Balaban J connectivity index is 2.84. The number of likely N-dealkylation sites (N-methyl/N-ethyl adjacent to an activating group) is 1. The summed E-state index contributed by atoms with van der Waals surface area (Å²) < 4.78 is 0.